The fourth-order valence-corrected chi connectivity index (χ4v) is 1.99. The number of nitrogens with one attached hydrogen (secondary N) is 1. The zero-order valence-electron chi connectivity index (χ0n) is 9.29. The zero-order chi connectivity index (χ0) is 11.0. The third-order valence-electron chi connectivity index (χ3n) is 2.96. The highest BCUT2D eigenvalue weighted by Crippen LogP contribution is 2.18. The lowest BCUT2D eigenvalue weighted by Crippen LogP contribution is -2.31. The lowest BCUT2D eigenvalue weighted by Gasteiger charge is -2.14. The highest BCUT2D eigenvalue weighted by Gasteiger charge is 2.22. The largest absolute Gasteiger partial charge is 0.352 e. The van der Waals surface area contributed by atoms with Crippen LogP contribution in [0.25, 0.3) is 0 Å². The number of aliphatic imine (C=N–C) groups is 1. The molecule has 1 N–H and O–H groups in total. The van der Waals surface area contributed by atoms with Gasteiger partial charge in [0.1, 0.15) is 0 Å². The lowest BCUT2D eigenvalue weighted by atomic mass is 10.1. The van der Waals surface area contributed by atoms with Crippen LogP contribution < -0.4 is 5.32 Å². The number of rotatable bonds is 1. The maximum atomic E-state index is 11.6. The molecule has 0 fully saturated rings. The Bertz CT molecular complexity index is 443. The predicted molar refractivity (Wildman–Crippen MR) is 59.6 cm³/mol. The van der Waals surface area contributed by atoms with Gasteiger partial charge in [0.05, 0.1) is 17.0 Å². The minimum atomic E-state index is 0.0296. The van der Waals surface area contributed by atoms with Crippen molar-refractivity contribution in [1.29, 1.82) is 0 Å². The summed E-state index contributed by atoms with van der Waals surface area (Å²) in [5, 5.41) is 2.84. The molecule has 15 heavy (non-hydrogen) atoms. The van der Waals surface area contributed by atoms with E-state index in [1.807, 2.05) is 20.0 Å². The minimum absolute atomic E-state index is 0.0296. The van der Waals surface area contributed by atoms with Crippen molar-refractivity contribution in [3.8, 4) is 0 Å². The van der Waals surface area contributed by atoms with E-state index in [9.17, 15) is 4.79 Å². The van der Waals surface area contributed by atoms with E-state index in [1.54, 1.807) is 7.05 Å². The van der Waals surface area contributed by atoms with E-state index in [0.717, 1.165) is 35.6 Å². The highest BCUT2D eigenvalue weighted by molar-refractivity contribution is 6.03. The second-order valence-corrected chi connectivity index (χ2v) is 3.76. The van der Waals surface area contributed by atoms with Crippen molar-refractivity contribution in [3.63, 3.8) is 0 Å². The summed E-state index contributed by atoms with van der Waals surface area (Å²) in [6.07, 6.45) is 0.897. The first-order chi connectivity index (χ1) is 7.15. The molecule has 0 aromatic carbocycles. The zero-order valence-corrected chi connectivity index (χ0v) is 9.29. The van der Waals surface area contributed by atoms with Gasteiger partial charge in [0.15, 0.2) is 0 Å². The molecular formula is C11H15N3O. The van der Waals surface area contributed by atoms with Crippen LogP contribution in [0.5, 0.6) is 0 Å². The van der Waals surface area contributed by atoms with Gasteiger partial charge in [-0.3, -0.25) is 9.79 Å². The van der Waals surface area contributed by atoms with E-state index in [1.165, 1.54) is 0 Å². The summed E-state index contributed by atoms with van der Waals surface area (Å²) < 4.78 is 2.07. The minimum Gasteiger partial charge on any atom is -0.352 e. The SMILES string of the molecule is CN=C(C)c1cc2c(n1C)CCNC2=O. The maximum absolute atomic E-state index is 11.6. The molecule has 1 aliphatic rings. The Hall–Kier alpha value is -1.58. The second kappa shape index (κ2) is 3.53. The molecule has 0 atom stereocenters. The summed E-state index contributed by atoms with van der Waals surface area (Å²) in [4.78, 5) is 15.7. The summed E-state index contributed by atoms with van der Waals surface area (Å²) in [5.74, 6) is 0.0296. The first-order valence-electron chi connectivity index (χ1n) is 5.05. The number of amides is 1. The van der Waals surface area contributed by atoms with Gasteiger partial charge in [-0.05, 0) is 13.0 Å². The van der Waals surface area contributed by atoms with E-state index >= 15 is 0 Å². The first kappa shape index (κ1) is 9.96. The molecule has 1 aromatic heterocycles. The average Bonchev–Trinajstić information content (AvgIpc) is 2.57. The number of carbonyl (C=O) groups excluding carboxylic acids is 1. The molecular weight excluding hydrogens is 190 g/mol. The number of hydrogen-bond donors (Lipinski definition) is 1. The predicted octanol–water partition coefficient (Wildman–Crippen LogP) is 0.750. The van der Waals surface area contributed by atoms with Crippen LogP contribution in [-0.2, 0) is 13.5 Å². The van der Waals surface area contributed by atoms with Gasteiger partial charge in [0, 0.05) is 32.8 Å². The van der Waals surface area contributed by atoms with E-state index in [2.05, 4.69) is 14.9 Å². The number of carbonyl (C=O) groups is 1. The van der Waals surface area contributed by atoms with Crippen molar-refractivity contribution < 1.29 is 4.79 Å². The molecule has 0 saturated carbocycles. The average molecular weight is 205 g/mol. The number of aromatic nitrogens is 1. The summed E-state index contributed by atoms with van der Waals surface area (Å²) in [5.41, 5.74) is 3.89. The van der Waals surface area contributed by atoms with Crippen molar-refractivity contribution in [3.05, 3.63) is 23.0 Å². The normalized spacial score (nSPS) is 16.2. The third-order valence-corrected chi connectivity index (χ3v) is 2.96. The maximum Gasteiger partial charge on any atom is 0.253 e. The smallest absolute Gasteiger partial charge is 0.253 e. The molecule has 1 amide bonds. The Morgan fingerprint density at radius 2 is 2.33 bits per heavy atom. The van der Waals surface area contributed by atoms with Crippen molar-refractivity contribution in [2.24, 2.45) is 12.0 Å². The van der Waals surface area contributed by atoms with E-state index in [-0.39, 0.29) is 5.91 Å². The fraction of sp³-hybridized carbons (Fsp3) is 0.455. The Labute approximate surface area is 89.0 Å². The first-order valence-corrected chi connectivity index (χ1v) is 5.05. The summed E-state index contributed by atoms with van der Waals surface area (Å²) in [6, 6.07) is 1.92. The van der Waals surface area contributed by atoms with Gasteiger partial charge in [-0.1, -0.05) is 0 Å². The third kappa shape index (κ3) is 1.46. The van der Waals surface area contributed by atoms with Gasteiger partial charge in [-0.2, -0.15) is 0 Å². The van der Waals surface area contributed by atoms with Crippen molar-refractivity contribution >= 4 is 11.6 Å². The summed E-state index contributed by atoms with van der Waals surface area (Å²) in [7, 11) is 3.75. The molecule has 2 heterocycles. The second-order valence-electron chi connectivity index (χ2n) is 3.76. The Balaban J connectivity index is 2.57. The van der Waals surface area contributed by atoms with Gasteiger partial charge in [0.2, 0.25) is 0 Å². The van der Waals surface area contributed by atoms with Crippen LogP contribution in [0.2, 0.25) is 0 Å². The number of hydrogen-bond acceptors (Lipinski definition) is 2. The molecule has 0 aliphatic carbocycles. The highest BCUT2D eigenvalue weighted by atomic mass is 16.1. The van der Waals surface area contributed by atoms with Gasteiger partial charge < -0.3 is 9.88 Å². The lowest BCUT2D eigenvalue weighted by molar-refractivity contribution is 0.0945. The molecule has 0 saturated heterocycles. The van der Waals surface area contributed by atoms with Crippen molar-refractivity contribution in [2.45, 2.75) is 13.3 Å². The van der Waals surface area contributed by atoms with Crippen LogP contribution >= 0.6 is 0 Å². The molecule has 0 radical (unpaired) electrons. The fourth-order valence-electron chi connectivity index (χ4n) is 1.99. The quantitative estimate of drug-likeness (QED) is 0.676. The van der Waals surface area contributed by atoms with Crippen LogP contribution in [0, 0.1) is 0 Å². The van der Waals surface area contributed by atoms with Crippen LogP contribution in [0.3, 0.4) is 0 Å². The molecule has 2 rings (SSSR count). The summed E-state index contributed by atoms with van der Waals surface area (Å²) in [6.45, 7) is 2.68. The molecule has 1 aliphatic heterocycles. The standard InChI is InChI=1S/C11H15N3O/c1-7(12-2)10-6-8-9(14(10)3)4-5-13-11(8)15/h6H,4-5H2,1-3H3,(H,13,15). The van der Waals surface area contributed by atoms with Gasteiger partial charge in [-0.15, -0.1) is 0 Å². The molecule has 0 unspecified atom stereocenters. The molecule has 4 heteroatoms. The Kier molecular flexibility index (Phi) is 2.34. The molecule has 0 bridgehead atoms. The number of fused-ring (bicyclic) bond motifs is 1. The van der Waals surface area contributed by atoms with Gasteiger partial charge in [0.25, 0.3) is 5.91 Å². The van der Waals surface area contributed by atoms with Crippen LogP contribution in [0.4, 0.5) is 0 Å². The Morgan fingerprint density at radius 1 is 1.60 bits per heavy atom. The van der Waals surface area contributed by atoms with Crippen molar-refractivity contribution in [1.82, 2.24) is 9.88 Å². The van der Waals surface area contributed by atoms with Crippen LogP contribution in [0.15, 0.2) is 11.1 Å². The van der Waals surface area contributed by atoms with E-state index in [4.69, 9.17) is 0 Å². The summed E-state index contributed by atoms with van der Waals surface area (Å²) >= 11 is 0. The van der Waals surface area contributed by atoms with E-state index < -0.39 is 0 Å². The molecule has 4 nitrogen and oxygen atoms in total. The van der Waals surface area contributed by atoms with Crippen LogP contribution in [-0.4, -0.2) is 29.8 Å². The van der Waals surface area contributed by atoms with E-state index in [0.29, 0.717) is 0 Å². The number of nitrogens with zero attached hydrogens (tertiary/aromatic N) is 2. The monoisotopic (exact) mass is 205 g/mol. The molecule has 80 valence electrons. The molecule has 1 aromatic rings. The Morgan fingerprint density at radius 3 is 2.93 bits per heavy atom. The van der Waals surface area contributed by atoms with Gasteiger partial charge in [-0.25, -0.2) is 0 Å². The molecule has 0 spiro atoms. The van der Waals surface area contributed by atoms with Gasteiger partial charge >= 0.3 is 0 Å². The van der Waals surface area contributed by atoms with Crippen LogP contribution in [0.1, 0.15) is 28.7 Å². The van der Waals surface area contributed by atoms with Crippen molar-refractivity contribution in [2.75, 3.05) is 13.6 Å². The topological polar surface area (TPSA) is 46.4 Å².